The summed E-state index contributed by atoms with van der Waals surface area (Å²) in [5.74, 6) is 0.445. The van der Waals surface area contributed by atoms with Gasteiger partial charge >= 0.3 is 0 Å². The van der Waals surface area contributed by atoms with Gasteiger partial charge in [0.05, 0.1) is 17.0 Å². The number of non-ortho nitro benzene ring substituents is 1. The van der Waals surface area contributed by atoms with E-state index in [4.69, 9.17) is 12.2 Å². The van der Waals surface area contributed by atoms with E-state index >= 15 is 0 Å². The third-order valence-corrected chi connectivity index (χ3v) is 3.76. The van der Waals surface area contributed by atoms with E-state index in [0.29, 0.717) is 17.0 Å². The fourth-order valence-electron chi connectivity index (χ4n) is 2.11. The number of aromatic nitrogens is 6. The minimum absolute atomic E-state index is 0.0492. The summed E-state index contributed by atoms with van der Waals surface area (Å²) in [7, 11) is 0. The molecule has 0 fully saturated rings. The van der Waals surface area contributed by atoms with Crippen molar-refractivity contribution in [3.05, 3.63) is 50.8 Å². The number of nitrogens with zero attached hydrogens (tertiary/aromatic N) is 6. The highest BCUT2D eigenvalue weighted by atomic mass is 32.1. The van der Waals surface area contributed by atoms with Gasteiger partial charge in [0.1, 0.15) is 4.64 Å². The second-order valence-corrected chi connectivity index (χ2v) is 5.19. The molecule has 1 aromatic carbocycles. The van der Waals surface area contributed by atoms with Crippen LogP contribution in [0.25, 0.3) is 11.4 Å². The highest BCUT2D eigenvalue weighted by Crippen LogP contribution is 2.16. The van der Waals surface area contributed by atoms with Crippen LogP contribution >= 0.6 is 12.2 Å². The maximum absolute atomic E-state index is 10.6. The fraction of sp³-hybridized carbons (Fsp3) is 0.231. The van der Waals surface area contributed by atoms with Gasteiger partial charge < -0.3 is 5.10 Å². The van der Waals surface area contributed by atoms with Crippen molar-refractivity contribution < 1.29 is 4.92 Å². The molecule has 3 rings (SSSR count). The van der Waals surface area contributed by atoms with Crippen LogP contribution in [0.3, 0.4) is 0 Å². The smallest absolute Gasteiger partial charge is 0.269 e. The Bertz CT molecular complexity index is 894. The van der Waals surface area contributed by atoms with Crippen LogP contribution in [0, 0.1) is 14.8 Å². The van der Waals surface area contributed by atoms with Crippen molar-refractivity contribution in [2.75, 3.05) is 0 Å². The van der Waals surface area contributed by atoms with Crippen LogP contribution in [0.5, 0.6) is 0 Å². The van der Waals surface area contributed by atoms with E-state index in [1.165, 1.54) is 16.9 Å². The molecule has 3 aromatic rings. The Balaban J connectivity index is 1.80. The number of tetrazole rings is 1. The number of nitrogens with one attached hydrogen (secondary N) is 1. The van der Waals surface area contributed by atoms with Gasteiger partial charge in [0.15, 0.2) is 0 Å². The summed E-state index contributed by atoms with van der Waals surface area (Å²) < 4.78 is 2.43. The third-order valence-electron chi connectivity index (χ3n) is 3.32. The molecule has 0 radical (unpaired) electrons. The predicted octanol–water partition coefficient (Wildman–Crippen LogP) is 2.18. The van der Waals surface area contributed by atoms with Crippen molar-refractivity contribution >= 4 is 17.9 Å². The van der Waals surface area contributed by atoms with Crippen LogP contribution < -0.4 is 0 Å². The van der Waals surface area contributed by atoms with Gasteiger partial charge in [-0.1, -0.05) is 24.4 Å². The zero-order chi connectivity index (χ0) is 16.4. The maximum atomic E-state index is 10.6. The van der Waals surface area contributed by atoms with Crippen molar-refractivity contribution in [2.24, 2.45) is 0 Å². The molecular formula is C13H13N7O2S. The Hall–Kier alpha value is -2.88. The molecule has 9 nitrogen and oxygen atoms in total. The molecule has 0 unspecified atom stereocenters. The van der Waals surface area contributed by atoms with Gasteiger partial charge in [0.25, 0.3) is 5.69 Å². The molecular weight excluding hydrogens is 318 g/mol. The predicted molar refractivity (Wildman–Crippen MR) is 84.3 cm³/mol. The molecule has 0 amide bonds. The first-order valence-electron chi connectivity index (χ1n) is 6.88. The van der Waals surface area contributed by atoms with E-state index in [1.54, 1.807) is 18.3 Å². The number of rotatable bonds is 5. The fourth-order valence-corrected chi connectivity index (χ4v) is 2.44. The lowest BCUT2D eigenvalue weighted by atomic mass is 10.2. The zero-order valence-electron chi connectivity index (χ0n) is 12.2. The summed E-state index contributed by atoms with van der Waals surface area (Å²) in [6.45, 7) is 3.08. The van der Waals surface area contributed by atoms with Crippen LogP contribution in [0.2, 0.25) is 0 Å². The molecule has 0 saturated heterocycles. The maximum Gasteiger partial charge on any atom is 0.269 e. The molecule has 0 aliphatic carbocycles. The number of nitro groups is 1. The van der Waals surface area contributed by atoms with Crippen molar-refractivity contribution in [2.45, 2.75) is 20.0 Å². The lowest BCUT2D eigenvalue weighted by Gasteiger charge is -1.99. The summed E-state index contributed by atoms with van der Waals surface area (Å²) in [5, 5.41) is 26.0. The molecule has 23 heavy (non-hydrogen) atoms. The molecule has 2 aromatic heterocycles. The van der Waals surface area contributed by atoms with Gasteiger partial charge in [-0.05, 0) is 17.7 Å². The average molecular weight is 331 g/mol. The normalized spacial score (nSPS) is 10.8. The van der Waals surface area contributed by atoms with Crippen LogP contribution in [-0.4, -0.2) is 34.9 Å². The quantitative estimate of drug-likeness (QED) is 0.436. The SMILES string of the molecule is CCn1[nH]cc(-c2nnn(Cc3ccc([N+](=O)[O-])cc3)n2)c1=S. The summed E-state index contributed by atoms with van der Waals surface area (Å²) in [4.78, 5) is 11.6. The Morgan fingerprint density at radius 1 is 1.35 bits per heavy atom. The minimum atomic E-state index is -0.435. The number of aryl methyl sites for hydroxylation is 1. The van der Waals surface area contributed by atoms with E-state index in [2.05, 4.69) is 20.5 Å². The van der Waals surface area contributed by atoms with Gasteiger partial charge in [-0.25, -0.2) is 0 Å². The molecule has 0 aliphatic rings. The number of benzene rings is 1. The first-order chi connectivity index (χ1) is 11.1. The molecule has 0 aliphatic heterocycles. The molecule has 2 heterocycles. The second kappa shape index (κ2) is 6.08. The molecule has 0 atom stereocenters. The van der Waals surface area contributed by atoms with Crippen molar-refractivity contribution in [3.63, 3.8) is 0 Å². The van der Waals surface area contributed by atoms with Crippen LogP contribution in [-0.2, 0) is 13.1 Å². The van der Waals surface area contributed by atoms with Crippen molar-refractivity contribution in [1.82, 2.24) is 30.0 Å². The largest absolute Gasteiger partial charge is 0.304 e. The lowest BCUT2D eigenvalue weighted by molar-refractivity contribution is -0.384. The third kappa shape index (κ3) is 3.01. The molecule has 1 N–H and O–H groups in total. The number of hydrogen-bond donors (Lipinski definition) is 1. The van der Waals surface area contributed by atoms with Gasteiger partial charge in [0.2, 0.25) is 5.82 Å². The minimum Gasteiger partial charge on any atom is -0.304 e. The van der Waals surface area contributed by atoms with Crippen LogP contribution in [0.4, 0.5) is 5.69 Å². The molecule has 0 saturated carbocycles. The average Bonchev–Trinajstić information content (AvgIpc) is 3.14. The lowest BCUT2D eigenvalue weighted by Crippen LogP contribution is -2.04. The molecule has 0 bridgehead atoms. The van der Waals surface area contributed by atoms with E-state index in [0.717, 1.165) is 17.7 Å². The summed E-state index contributed by atoms with van der Waals surface area (Å²) >= 11 is 5.33. The van der Waals surface area contributed by atoms with E-state index in [-0.39, 0.29) is 5.69 Å². The molecule has 118 valence electrons. The monoisotopic (exact) mass is 331 g/mol. The van der Waals surface area contributed by atoms with E-state index < -0.39 is 4.92 Å². The Labute approximate surface area is 135 Å². The van der Waals surface area contributed by atoms with Gasteiger partial charge in [0, 0.05) is 24.9 Å². The number of hydrogen-bond acceptors (Lipinski definition) is 6. The Morgan fingerprint density at radius 3 is 2.70 bits per heavy atom. The first-order valence-corrected chi connectivity index (χ1v) is 7.29. The standard InChI is InChI=1S/C13H13N7O2S/c1-2-18-13(23)11(7-14-18)12-15-17-19(16-12)8-9-3-5-10(6-4-9)20(21)22/h3-7,14H,2,8H2,1H3. The second-order valence-electron chi connectivity index (χ2n) is 4.80. The van der Waals surface area contributed by atoms with Crippen molar-refractivity contribution in [3.8, 4) is 11.4 Å². The Kier molecular flexibility index (Phi) is 3.98. The first kappa shape index (κ1) is 15.0. The number of H-pyrrole nitrogens is 1. The van der Waals surface area contributed by atoms with E-state index in [1.807, 2.05) is 11.6 Å². The molecule has 10 heteroatoms. The summed E-state index contributed by atoms with van der Waals surface area (Å²) in [5.41, 5.74) is 1.61. The van der Waals surface area contributed by atoms with Gasteiger partial charge in [-0.15, -0.1) is 10.2 Å². The van der Waals surface area contributed by atoms with Crippen molar-refractivity contribution in [1.29, 1.82) is 0 Å². The highest BCUT2D eigenvalue weighted by Gasteiger charge is 2.11. The zero-order valence-corrected chi connectivity index (χ0v) is 13.0. The number of aromatic amines is 1. The van der Waals surface area contributed by atoms with Gasteiger partial charge in [-0.3, -0.25) is 14.8 Å². The summed E-state index contributed by atoms with van der Waals surface area (Å²) in [6, 6.07) is 6.23. The molecule has 0 spiro atoms. The van der Waals surface area contributed by atoms with Gasteiger partial charge in [-0.2, -0.15) is 4.80 Å². The number of nitro benzene ring substituents is 1. The topological polar surface area (TPSA) is 107 Å². The summed E-state index contributed by atoms with van der Waals surface area (Å²) in [6.07, 6.45) is 1.75. The highest BCUT2D eigenvalue weighted by molar-refractivity contribution is 7.71. The van der Waals surface area contributed by atoms with Crippen LogP contribution in [0.1, 0.15) is 12.5 Å². The van der Waals surface area contributed by atoms with E-state index in [9.17, 15) is 10.1 Å². The Morgan fingerprint density at radius 2 is 2.09 bits per heavy atom. The van der Waals surface area contributed by atoms with Crippen LogP contribution in [0.15, 0.2) is 30.5 Å².